The standard InChI is InChI=1S/C30H34O5/c1-30(2,25-12-4-3-5-13-25)29(34)24-11-8-9-22(21-24)15-17-26(31)19-20-35-27-14-7-6-10-23(27)16-18-28(32)33/h3-15,17,21,26,29,31,34H,16,18-20H2,1-2H3,(H,32,33)/b17-15+/t26-,29?/m0/s1. The first-order valence-corrected chi connectivity index (χ1v) is 11.9. The Morgan fingerprint density at radius 1 is 0.971 bits per heavy atom. The van der Waals surface area contributed by atoms with E-state index in [-0.39, 0.29) is 6.42 Å². The van der Waals surface area contributed by atoms with Gasteiger partial charge in [0.2, 0.25) is 0 Å². The molecule has 0 saturated heterocycles. The van der Waals surface area contributed by atoms with Crippen molar-refractivity contribution in [2.24, 2.45) is 0 Å². The maximum absolute atomic E-state index is 11.1. The van der Waals surface area contributed by atoms with Gasteiger partial charge < -0.3 is 20.1 Å². The number of aliphatic hydroxyl groups excluding tert-OH is 2. The van der Waals surface area contributed by atoms with Gasteiger partial charge in [0.1, 0.15) is 5.75 Å². The van der Waals surface area contributed by atoms with Crippen LogP contribution in [0.3, 0.4) is 0 Å². The van der Waals surface area contributed by atoms with Crippen LogP contribution >= 0.6 is 0 Å². The summed E-state index contributed by atoms with van der Waals surface area (Å²) in [5.41, 5.74) is 3.16. The first-order valence-electron chi connectivity index (χ1n) is 11.9. The third-order valence-electron chi connectivity index (χ3n) is 6.19. The Kier molecular flexibility index (Phi) is 9.24. The van der Waals surface area contributed by atoms with Crippen molar-refractivity contribution in [3.8, 4) is 5.75 Å². The number of aliphatic hydroxyl groups is 2. The molecule has 0 spiro atoms. The van der Waals surface area contributed by atoms with E-state index < -0.39 is 23.6 Å². The fourth-order valence-electron chi connectivity index (χ4n) is 3.98. The van der Waals surface area contributed by atoms with Crippen LogP contribution in [0.15, 0.2) is 84.9 Å². The fourth-order valence-corrected chi connectivity index (χ4v) is 3.98. The molecular weight excluding hydrogens is 440 g/mol. The molecule has 5 nitrogen and oxygen atoms in total. The van der Waals surface area contributed by atoms with Crippen LogP contribution < -0.4 is 4.74 Å². The third-order valence-corrected chi connectivity index (χ3v) is 6.19. The highest BCUT2D eigenvalue weighted by atomic mass is 16.5. The minimum absolute atomic E-state index is 0.0437. The highest BCUT2D eigenvalue weighted by molar-refractivity contribution is 5.67. The molecule has 0 fully saturated rings. The number of para-hydroxylation sites is 1. The summed E-state index contributed by atoms with van der Waals surface area (Å²) in [4.78, 5) is 10.9. The van der Waals surface area contributed by atoms with E-state index >= 15 is 0 Å². The summed E-state index contributed by atoms with van der Waals surface area (Å²) >= 11 is 0. The van der Waals surface area contributed by atoms with Crippen LogP contribution in [-0.4, -0.2) is 34.0 Å². The van der Waals surface area contributed by atoms with Crippen LogP contribution in [-0.2, 0) is 16.6 Å². The quantitative estimate of drug-likeness (QED) is 0.320. The zero-order valence-corrected chi connectivity index (χ0v) is 20.3. The molecule has 184 valence electrons. The van der Waals surface area contributed by atoms with Gasteiger partial charge in [-0.25, -0.2) is 0 Å². The summed E-state index contributed by atoms with van der Waals surface area (Å²) in [6, 6.07) is 25.0. The Balaban J connectivity index is 1.57. The Hall–Kier alpha value is -3.41. The molecule has 0 aliphatic carbocycles. The molecule has 5 heteroatoms. The number of ether oxygens (including phenoxy) is 1. The second-order valence-electron chi connectivity index (χ2n) is 9.23. The van der Waals surface area contributed by atoms with Crippen molar-refractivity contribution < 1.29 is 24.9 Å². The van der Waals surface area contributed by atoms with Gasteiger partial charge in [-0.05, 0) is 40.8 Å². The number of hydrogen-bond donors (Lipinski definition) is 3. The SMILES string of the molecule is CC(C)(c1ccccc1)C(O)c1cccc(/C=C/[C@H](O)CCOc2ccccc2CCC(=O)O)c1. The lowest BCUT2D eigenvalue weighted by Gasteiger charge is -2.31. The van der Waals surface area contributed by atoms with Crippen molar-refractivity contribution in [1.82, 2.24) is 0 Å². The number of carboxylic acid groups (broad SMARTS) is 1. The summed E-state index contributed by atoms with van der Waals surface area (Å²) in [7, 11) is 0. The average Bonchev–Trinajstić information content (AvgIpc) is 2.87. The molecule has 0 heterocycles. The fraction of sp³-hybridized carbons (Fsp3) is 0.300. The van der Waals surface area contributed by atoms with E-state index in [4.69, 9.17) is 9.84 Å². The molecule has 2 atom stereocenters. The first kappa shape index (κ1) is 26.2. The highest BCUT2D eigenvalue weighted by Gasteiger charge is 2.30. The smallest absolute Gasteiger partial charge is 0.303 e. The van der Waals surface area contributed by atoms with Crippen molar-refractivity contribution in [3.05, 3.63) is 107 Å². The van der Waals surface area contributed by atoms with E-state index in [1.807, 2.05) is 98.8 Å². The molecule has 0 saturated carbocycles. The number of benzene rings is 3. The summed E-state index contributed by atoms with van der Waals surface area (Å²) < 4.78 is 5.80. The molecule has 0 aromatic heterocycles. The molecule has 35 heavy (non-hydrogen) atoms. The number of aryl methyl sites for hydroxylation is 1. The van der Waals surface area contributed by atoms with Crippen molar-refractivity contribution >= 4 is 12.0 Å². The number of aliphatic carboxylic acids is 1. The predicted octanol–water partition coefficient (Wildman–Crippen LogP) is 5.56. The lowest BCUT2D eigenvalue weighted by atomic mass is 9.76. The van der Waals surface area contributed by atoms with Crippen LogP contribution in [0.4, 0.5) is 0 Å². The van der Waals surface area contributed by atoms with Gasteiger partial charge >= 0.3 is 5.97 Å². The minimum Gasteiger partial charge on any atom is -0.493 e. The molecular formula is C30H34O5. The van der Waals surface area contributed by atoms with Crippen LogP contribution in [0.25, 0.3) is 6.08 Å². The van der Waals surface area contributed by atoms with Crippen molar-refractivity contribution in [3.63, 3.8) is 0 Å². The second-order valence-corrected chi connectivity index (χ2v) is 9.23. The van der Waals surface area contributed by atoms with Crippen molar-refractivity contribution in [1.29, 1.82) is 0 Å². The van der Waals surface area contributed by atoms with Gasteiger partial charge in [0.15, 0.2) is 0 Å². The predicted molar refractivity (Wildman–Crippen MR) is 138 cm³/mol. The molecule has 0 bridgehead atoms. The average molecular weight is 475 g/mol. The van der Waals surface area contributed by atoms with Gasteiger partial charge in [-0.1, -0.05) is 92.7 Å². The number of hydrogen-bond acceptors (Lipinski definition) is 4. The summed E-state index contributed by atoms with van der Waals surface area (Å²) in [6.07, 6.45) is 3.02. The lowest BCUT2D eigenvalue weighted by molar-refractivity contribution is -0.136. The molecule has 0 amide bonds. The van der Waals surface area contributed by atoms with Crippen LogP contribution in [0.1, 0.15) is 55.0 Å². The van der Waals surface area contributed by atoms with Gasteiger partial charge in [0.25, 0.3) is 0 Å². The zero-order chi connectivity index (χ0) is 25.3. The van der Waals surface area contributed by atoms with Crippen molar-refractivity contribution in [2.45, 2.75) is 50.7 Å². The van der Waals surface area contributed by atoms with E-state index in [0.29, 0.717) is 25.2 Å². The molecule has 3 aromatic carbocycles. The van der Waals surface area contributed by atoms with E-state index in [2.05, 4.69) is 0 Å². The van der Waals surface area contributed by atoms with Crippen LogP contribution in [0.2, 0.25) is 0 Å². The Morgan fingerprint density at radius 2 is 1.69 bits per heavy atom. The maximum Gasteiger partial charge on any atom is 0.303 e. The van der Waals surface area contributed by atoms with Crippen LogP contribution in [0, 0.1) is 0 Å². The Morgan fingerprint density at radius 3 is 2.43 bits per heavy atom. The topological polar surface area (TPSA) is 87.0 Å². The number of rotatable bonds is 12. The van der Waals surface area contributed by atoms with Gasteiger partial charge in [0, 0.05) is 18.3 Å². The molecule has 3 rings (SSSR count). The summed E-state index contributed by atoms with van der Waals surface area (Å²) in [5, 5.41) is 30.4. The molecule has 0 radical (unpaired) electrons. The van der Waals surface area contributed by atoms with Crippen molar-refractivity contribution in [2.75, 3.05) is 6.61 Å². The van der Waals surface area contributed by atoms with Gasteiger partial charge in [0.05, 0.1) is 18.8 Å². The molecule has 0 aliphatic rings. The van der Waals surface area contributed by atoms with E-state index in [0.717, 1.165) is 22.3 Å². The van der Waals surface area contributed by atoms with Gasteiger partial charge in [-0.2, -0.15) is 0 Å². The summed E-state index contributed by atoms with van der Waals surface area (Å²) in [6.45, 7) is 4.36. The first-order chi connectivity index (χ1) is 16.8. The van der Waals surface area contributed by atoms with Crippen LogP contribution in [0.5, 0.6) is 5.75 Å². The van der Waals surface area contributed by atoms with E-state index in [1.54, 1.807) is 6.08 Å². The molecule has 0 aliphatic heterocycles. The number of carbonyl (C=O) groups is 1. The minimum atomic E-state index is -0.847. The number of carboxylic acids is 1. The Bertz CT molecular complexity index is 1120. The zero-order valence-electron chi connectivity index (χ0n) is 20.3. The van der Waals surface area contributed by atoms with E-state index in [9.17, 15) is 15.0 Å². The molecule has 3 N–H and O–H groups in total. The van der Waals surface area contributed by atoms with E-state index in [1.165, 1.54) is 0 Å². The largest absolute Gasteiger partial charge is 0.493 e. The lowest BCUT2D eigenvalue weighted by Crippen LogP contribution is -2.26. The summed E-state index contributed by atoms with van der Waals surface area (Å²) in [5.74, 6) is -0.201. The highest BCUT2D eigenvalue weighted by Crippen LogP contribution is 2.37. The molecule has 3 aromatic rings. The van der Waals surface area contributed by atoms with Gasteiger partial charge in [-0.3, -0.25) is 4.79 Å². The monoisotopic (exact) mass is 474 g/mol. The normalized spacial score (nSPS) is 13.5. The Labute approximate surface area is 207 Å². The third kappa shape index (κ3) is 7.54. The maximum atomic E-state index is 11.1. The van der Waals surface area contributed by atoms with Gasteiger partial charge in [-0.15, -0.1) is 0 Å². The molecule has 1 unspecified atom stereocenters. The second kappa shape index (κ2) is 12.3.